The highest BCUT2D eigenvalue weighted by atomic mass is 19.4. The number of piperidine rings is 1. The van der Waals surface area contributed by atoms with E-state index in [0.717, 1.165) is 30.5 Å². The number of nitrogens with zero attached hydrogens (tertiary/aromatic N) is 1. The van der Waals surface area contributed by atoms with Gasteiger partial charge in [0.05, 0.1) is 25.2 Å². The summed E-state index contributed by atoms with van der Waals surface area (Å²) in [6.45, 7) is 1.14. The van der Waals surface area contributed by atoms with Gasteiger partial charge in [-0.1, -0.05) is 12.1 Å². The van der Waals surface area contributed by atoms with Crippen LogP contribution in [-0.4, -0.2) is 60.3 Å². The third kappa shape index (κ3) is 6.35. The Morgan fingerprint density at radius 1 is 1.12 bits per heavy atom. The van der Waals surface area contributed by atoms with Crippen LogP contribution >= 0.6 is 0 Å². The molecule has 0 aromatic heterocycles. The van der Waals surface area contributed by atoms with E-state index >= 15 is 0 Å². The molecule has 3 fully saturated rings. The first-order chi connectivity index (χ1) is 19.5. The highest BCUT2D eigenvalue weighted by molar-refractivity contribution is 5.86. The zero-order valence-corrected chi connectivity index (χ0v) is 22.8. The lowest BCUT2D eigenvalue weighted by atomic mass is 9.79. The zero-order chi connectivity index (χ0) is 29.4. The fourth-order valence-electron chi connectivity index (χ4n) is 6.35. The van der Waals surface area contributed by atoms with E-state index in [0.29, 0.717) is 32.4 Å². The average Bonchev–Trinajstić information content (AvgIpc) is 3.82. The van der Waals surface area contributed by atoms with Gasteiger partial charge in [0.1, 0.15) is 17.2 Å². The van der Waals surface area contributed by atoms with E-state index in [2.05, 4.69) is 10.2 Å². The molecule has 2 aromatic rings. The molecule has 2 saturated heterocycles. The lowest BCUT2D eigenvalue weighted by Crippen LogP contribution is -2.58. The Bertz CT molecular complexity index is 1260. The molecule has 41 heavy (non-hydrogen) atoms. The molecule has 2 aromatic carbocycles. The van der Waals surface area contributed by atoms with Gasteiger partial charge in [-0.15, -0.1) is 0 Å². The Morgan fingerprint density at radius 3 is 2.44 bits per heavy atom. The second-order valence-corrected chi connectivity index (χ2v) is 11.3. The highest BCUT2D eigenvalue weighted by Crippen LogP contribution is 2.48. The molecule has 0 spiro atoms. The third-order valence-corrected chi connectivity index (χ3v) is 8.76. The summed E-state index contributed by atoms with van der Waals surface area (Å²) in [5.74, 6) is -2.39. The van der Waals surface area contributed by atoms with Crippen LogP contribution < -0.4 is 10.1 Å². The van der Waals surface area contributed by atoms with E-state index in [1.807, 2.05) is 0 Å². The standard InChI is InChI=1S/C30H34F4N2O5/c1-40-24-13-18(12-21(14-24)30(32,33)34)15-35-28(39)29(20-4-5-20)10-8-23(17-41-29)36-11-9-25(26(16-36)27(37)38)19-2-6-22(31)7-3-19/h2-3,6-7,12-14,20,23,25-26H,4-5,8-11,15-17H2,1H3,(H,35,39)(H,37,38)/t23-,25+,26-,29+/m1/s1. The number of ether oxygens (including phenoxy) is 2. The Morgan fingerprint density at radius 2 is 1.85 bits per heavy atom. The van der Waals surface area contributed by atoms with Crippen molar-refractivity contribution in [2.75, 3.05) is 26.8 Å². The molecule has 0 unspecified atom stereocenters. The number of halogens is 4. The molecule has 4 atom stereocenters. The lowest BCUT2D eigenvalue weighted by Gasteiger charge is -2.46. The van der Waals surface area contributed by atoms with Crippen molar-refractivity contribution in [2.24, 2.45) is 11.8 Å². The molecule has 222 valence electrons. The number of hydrogen-bond acceptors (Lipinski definition) is 5. The first-order valence-corrected chi connectivity index (χ1v) is 13.9. The van der Waals surface area contributed by atoms with Crippen LogP contribution in [0.15, 0.2) is 42.5 Å². The summed E-state index contributed by atoms with van der Waals surface area (Å²) < 4.78 is 64.7. The number of carbonyl (C=O) groups is 2. The van der Waals surface area contributed by atoms with Crippen molar-refractivity contribution < 1.29 is 41.7 Å². The molecule has 0 radical (unpaired) electrons. The number of likely N-dealkylation sites (tertiary alicyclic amines) is 1. The fraction of sp³-hybridized carbons (Fsp3) is 0.533. The molecule has 1 saturated carbocycles. The molecule has 0 bridgehead atoms. The van der Waals surface area contributed by atoms with E-state index in [9.17, 15) is 32.3 Å². The summed E-state index contributed by atoms with van der Waals surface area (Å²) in [6, 6.07) is 9.31. The smallest absolute Gasteiger partial charge is 0.416 e. The van der Waals surface area contributed by atoms with Gasteiger partial charge in [-0.3, -0.25) is 14.5 Å². The summed E-state index contributed by atoms with van der Waals surface area (Å²) in [5.41, 5.74) is -0.826. The van der Waals surface area contributed by atoms with E-state index < -0.39 is 29.2 Å². The van der Waals surface area contributed by atoms with Gasteiger partial charge in [0.2, 0.25) is 0 Å². The highest BCUT2D eigenvalue weighted by Gasteiger charge is 2.54. The Hall–Kier alpha value is -3.18. The maximum absolute atomic E-state index is 13.5. The second-order valence-electron chi connectivity index (χ2n) is 11.3. The maximum atomic E-state index is 13.5. The van der Waals surface area contributed by atoms with Gasteiger partial charge in [-0.05, 0) is 91.9 Å². The summed E-state index contributed by atoms with van der Waals surface area (Å²) in [7, 11) is 1.29. The predicted molar refractivity (Wildman–Crippen MR) is 141 cm³/mol. The van der Waals surface area contributed by atoms with Crippen molar-refractivity contribution in [2.45, 2.75) is 62.4 Å². The first kappa shape index (κ1) is 29.3. The molecule has 1 aliphatic carbocycles. The molecule has 11 heteroatoms. The third-order valence-electron chi connectivity index (χ3n) is 8.76. The van der Waals surface area contributed by atoms with Gasteiger partial charge >= 0.3 is 12.1 Å². The lowest BCUT2D eigenvalue weighted by molar-refractivity contribution is -0.166. The fourth-order valence-corrected chi connectivity index (χ4v) is 6.35. The van der Waals surface area contributed by atoms with Crippen molar-refractivity contribution in [3.63, 3.8) is 0 Å². The van der Waals surface area contributed by atoms with E-state index in [1.54, 1.807) is 12.1 Å². The number of alkyl halides is 3. The topological polar surface area (TPSA) is 88.1 Å². The number of aliphatic carboxylic acids is 1. The summed E-state index contributed by atoms with van der Waals surface area (Å²) in [6.07, 6.45) is -1.20. The van der Waals surface area contributed by atoms with Crippen LogP contribution in [0.5, 0.6) is 5.75 Å². The minimum atomic E-state index is -4.54. The van der Waals surface area contributed by atoms with Crippen molar-refractivity contribution >= 4 is 11.9 Å². The van der Waals surface area contributed by atoms with Crippen LogP contribution in [0, 0.1) is 17.7 Å². The first-order valence-electron chi connectivity index (χ1n) is 13.9. The van der Waals surface area contributed by atoms with Crippen molar-refractivity contribution in [1.82, 2.24) is 10.2 Å². The van der Waals surface area contributed by atoms with Gasteiger partial charge in [0.15, 0.2) is 0 Å². The summed E-state index contributed by atoms with van der Waals surface area (Å²) in [5, 5.41) is 12.8. The SMILES string of the molecule is COc1cc(CNC(=O)[C@@]2(C3CC3)CC[C@@H](N3CC[C@@H](c4ccc(F)cc4)[C@H](C(=O)O)C3)CO2)cc(C(F)(F)F)c1. The van der Waals surface area contributed by atoms with Crippen molar-refractivity contribution in [3.05, 3.63) is 65.0 Å². The van der Waals surface area contributed by atoms with Crippen LogP contribution in [0.2, 0.25) is 0 Å². The molecule has 7 nitrogen and oxygen atoms in total. The normalized spacial score (nSPS) is 27.3. The molecule has 2 N–H and O–H groups in total. The number of benzene rings is 2. The molecular formula is C30H34F4N2O5. The monoisotopic (exact) mass is 578 g/mol. The summed E-state index contributed by atoms with van der Waals surface area (Å²) >= 11 is 0. The molecule has 5 rings (SSSR count). The zero-order valence-electron chi connectivity index (χ0n) is 22.8. The minimum absolute atomic E-state index is 0.0375. The second kappa shape index (κ2) is 11.6. The predicted octanol–water partition coefficient (Wildman–Crippen LogP) is 4.99. The number of rotatable bonds is 8. The van der Waals surface area contributed by atoms with Gasteiger partial charge in [-0.25, -0.2) is 4.39 Å². The Kier molecular flexibility index (Phi) is 8.29. The van der Waals surface area contributed by atoms with Crippen LogP contribution in [0.3, 0.4) is 0 Å². The van der Waals surface area contributed by atoms with Gasteiger partial charge in [0, 0.05) is 19.1 Å². The Balaban J connectivity index is 1.22. The molecule has 2 aliphatic heterocycles. The van der Waals surface area contributed by atoms with Crippen LogP contribution in [0.1, 0.15) is 54.7 Å². The molecular weight excluding hydrogens is 544 g/mol. The number of methoxy groups -OCH3 is 1. The van der Waals surface area contributed by atoms with E-state index in [1.165, 1.54) is 25.3 Å². The summed E-state index contributed by atoms with van der Waals surface area (Å²) in [4.78, 5) is 27.7. The minimum Gasteiger partial charge on any atom is -0.497 e. The maximum Gasteiger partial charge on any atom is 0.416 e. The van der Waals surface area contributed by atoms with Crippen molar-refractivity contribution in [3.8, 4) is 5.75 Å². The number of amides is 1. The molecule has 2 heterocycles. The van der Waals surface area contributed by atoms with Gasteiger partial charge in [0.25, 0.3) is 5.91 Å². The van der Waals surface area contributed by atoms with Crippen LogP contribution in [-0.2, 0) is 27.0 Å². The molecule has 3 aliphatic rings. The number of nitrogens with one attached hydrogen (secondary N) is 1. The van der Waals surface area contributed by atoms with Gasteiger partial charge in [-0.2, -0.15) is 13.2 Å². The largest absolute Gasteiger partial charge is 0.497 e. The molecule has 1 amide bonds. The Labute approximate surface area is 235 Å². The number of hydrogen-bond donors (Lipinski definition) is 2. The van der Waals surface area contributed by atoms with Crippen molar-refractivity contribution in [1.29, 1.82) is 0 Å². The van der Waals surface area contributed by atoms with Crippen LogP contribution in [0.25, 0.3) is 0 Å². The van der Waals surface area contributed by atoms with E-state index in [4.69, 9.17) is 9.47 Å². The van der Waals surface area contributed by atoms with Gasteiger partial charge < -0.3 is 19.9 Å². The number of carboxylic acid groups (broad SMARTS) is 1. The van der Waals surface area contributed by atoms with Crippen LogP contribution in [0.4, 0.5) is 17.6 Å². The number of carbonyl (C=O) groups excluding carboxylic acids is 1. The average molecular weight is 579 g/mol. The quantitative estimate of drug-likeness (QED) is 0.430. The van der Waals surface area contributed by atoms with E-state index in [-0.39, 0.29) is 54.1 Å². The number of carboxylic acids is 1.